The molecule has 1 fully saturated rings. The van der Waals surface area contributed by atoms with Crippen LogP contribution in [0.15, 0.2) is 23.1 Å². The van der Waals surface area contributed by atoms with Crippen LogP contribution in [0.4, 0.5) is 0 Å². The summed E-state index contributed by atoms with van der Waals surface area (Å²) in [4.78, 5) is 0.378. The highest BCUT2D eigenvalue weighted by atomic mass is 32.2. The molecule has 0 saturated carbocycles. The molecular formula is C17H26N2O3S. The van der Waals surface area contributed by atoms with Crippen molar-refractivity contribution in [2.75, 3.05) is 26.8 Å². The number of sulfonamides is 1. The van der Waals surface area contributed by atoms with E-state index in [4.69, 9.17) is 4.74 Å². The van der Waals surface area contributed by atoms with Gasteiger partial charge in [0.2, 0.25) is 10.0 Å². The smallest absolute Gasteiger partial charge is 0.240 e. The number of rotatable bonds is 6. The number of aryl methyl sites for hydroxylation is 2. The average molecular weight is 338 g/mol. The Morgan fingerprint density at radius 2 is 2.00 bits per heavy atom. The minimum Gasteiger partial charge on any atom is -0.383 e. The van der Waals surface area contributed by atoms with E-state index < -0.39 is 10.0 Å². The Kier molecular flexibility index (Phi) is 5.06. The summed E-state index contributed by atoms with van der Waals surface area (Å²) in [5.74, 6) is 0. The highest BCUT2D eigenvalue weighted by molar-refractivity contribution is 7.89. The first-order chi connectivity index (χ1) is 11.0. The molecule has 1 saturated heterocycles. The van der Waals surface area contributed by atoms with Crippen LogP contribution in [-0.2, 0) is 27.6 Å². The third kappa shape index (κ3) is 3.76. The molecule has 1 atom stereocenters. The minimum absolute atomic E-state index is 0.282. The standard InChI is InChI=1S/C17H26N2O3S/c1-22-13-17(9-4-10-18-17)12-19-23(20,21)16-8-7-14-5-2-3-6-15(14)11-16/h7-8,11,18-19H,2-6,9-10,12-13H2,1H3. The molecule has 0 aromatic heterocycles. The fraction of sp³-hybridized carbons (Fsp3) is 0.647. The molecule has 3 rings (SSSR count). The summed E-state index contributed by atoms with van der Waals surface area (Å²) in [5, 5.41) is 3.39. The van der Waals surface area contributed by atoms with E-state index in [0.29, 0.717) is 18.0 Å². The third-order valence-electron chi connectivity index (χ3n) is 4.98. The van der Waals surface area contributed by atoms with Gasteiger partial charge in [-0.25, -0.2) is 13.1 Å². The summed E-state index contributed by atoms with van der Waals surface area (Å²) in [6.07, 6.45) is 6.35. The van der Waals surface area contributed by atoms with Gasteiger partial charge in [0.05, 0.1) is 17.0 Å². The largest absolute Gasteiger partial charge is 0.383 e. The van der Waals surface area contributed by atoms with Gasteiger partial charge in [-0.2, -0.15) is 0 Å². The lowest BCUT2D eigenvalue weighted by molar-refractivity contribution is 0.122. The summed E-state index contributed by atoms with van der Waals surface area (Å²) in [6, 6.07) is 5.56. The van der Waals surface area contributed by atoms with Crippen LogP contribution in [0, 0.1) is 0 Å². The van der Waals surface area contributed by atoms with Crippen molar-refractivity contribution < 1.29 is 13.2 Å². The maximum Gasteiger partial charge on any atom is 0.240 e. The van der Waals surface area contributed by atoms with Gasteiger partial charge in [0.15, 0.2) is 0 Å². The van der Waals surface area contributed by atoms with E-state index in [2.05, 4.69) is 10.0 Å². The molecule has 0 bridgehead atoms. The van der Waals surface area contributed by atoms with E-state index in [9.17, 15) is 8.42 Å². The van der Waals surface area contributed by atoms with Crippen molar-refractivity contribution in [2.45, 2.75) is 49.0 Å². The quantitative estimate of drug-likeness (QED) is 0.827. The fourth-order valence-electron chi connectivity index (χ4n) is 3.66. The lowest BCUT2D eigenvalue weighted by atomic mass is 9.92. The lowest BCUT2D eigenvalue weighted by Gasteiger charge is -2.29. The first-order valence-corrected chi connectivity index (χ1v) is 9.88. The summed E-state index contributed by atoms with van der Waals surface area (Å²) in [7, 11) is -1.83. The SMILES string of the molecule is COCC1(CNS(=O)(=O)c2ccc3c(c2)CCCC3)CCCN1. The molecule has 5 nitrogen and oxygen atoms in total. The summed E-state index contributed by atoms with van der Waals surface area (Å²) < 4.78 is 33.3. The van der Waals surface area contributed by atoms with E-state index in [1.807, 2.05) is 12.1 Å². The number of hydrogen-bond acceptors (Lipinski definition) is 4. The van der Waals surface area contributed by atoms with Gasteiger partial charge >= 0.3 is 0 Å². The molecule has 1 heterocycles. The number of benzene rings is 1. The number of ether oxygens (including phenoxy) is 1. The Bertz CT molecular complexity index is 652. The van der Waals surface area contributed by atoms with E-state index in [0.717, 1.165) is 38.6 Å². The molecule has 23 heavy (non-hydrogen) atoms. The topological polar surface area (TPSA) is 67.4 Å². The minimum atomic E-state index is -3.48. The zero-order chi connectivity index (χ0) is 16.3. The van der Waals surface area contributed by atoms with Crippen LogP contribution in [0.25, 0.3) is 0 Å². The van der Waals surface area contributed by atoms with Crippen molar-refractivity contribution >= 4 is 10.0 Å². The molecule has 1 aliphatic heterocycles. The molecule has 6 heteroatoms. The molecule has 1 aromatic rings. The van der Waals surface area contributed by atoms with Gasteiger partial charge in [-0.3, -0.25) is 0 Å². The van der Waals surface area contributed by atoms with Crippen molar-refractivity contribution in [3.63, 3.8) is 0 Å². The maximum absolute atomic E-state index is 12.6. The number of fused-ring (bicyclic) bond motifs is 1. The summed E-state index contributed by atoms with van der Waals surface area (Å²) >= 11 is 0. The summed E-state index contributed by atoms with van der Waals surface area (Å²) in [6.45, 7) is 1.78. The Balaban J connectivity index is 1.74. The van der Waals surface area contributed by atoms with Gasteiger partial charge in [-0.05, 0) is 68.3 Å². The van der Waals surface area contributed by atoms with Crippen LogP contribution < -0.4 is 10.0 Å². The van der Waals surface area contributed by atoms with Crippen LogP contribution in [0.5, 0.6) is 0 Å². The molecule has 2 N–H and O–H groups in total. The number of methoxy groups -OCH3 is 1. The van der Waals surface area contributed by atoms with Crippen LogP contribution in [0.2, 0.25) is 0 Å². The zero-order valence-corrected chi connectivity index (χ0v) is 14.5. The Morgan fingerprint density at radius 3 is 2.70 bits per heavy atom. The van der Waals surface area contributed by atoms with Crippen molar-refractivity contribution in [2.24, 2.45) is 0 Å². The van der Waals surface area contributed by atoms with E-state index in [1.165, 1.54) is 17.5 Å². The number of nitrogens with one attached hydrogen (secondary N) is 2. The Labute approximate surface area is 138 Å². The molecule has 1 unspecified atom stereocenters. The predicted molar refractivity (Wildman–Crippen MR) is 90.1 cm³/mol. The van der Waals surface area contributed by atoms with Gasteiger partial charge in [0.1, 0.15) is 0 Å². The second-order valence-corrected chi connectivity index (χ2v) is 8.47. The maximum atomic E-state index is 12.6. The van der Waals surface area contributed by atoms with Gasteiger partial charge in [-0.15, -0.1) is 0 Å². The van der Waals surface area contributed by atoms with Crippen LogP contribution in [0.1, 0.15) is 36.8 Å². The molecule has 1 aromatic carbocycles. The molecular weight excluding hydrogens is 312 g/mol. The fourth-order valence-corrected chi connectivity index (χ4v) is 4.84. The first kappa shape index (κ1) is 16.9. The molecule has 0 amide bonds. The monoisotopic (exact) mass is 338 g/mol. The second kappa shape index (κ2) is 6.89. The van der Waals surface area contributed by atoms with Gasteiger partial charge in [-0.1, -0.05) is 6.07 Å². The molecule has 0 spiro atoms. The zero-order valence-electron chi connectivity index (χ0n) is 13.7. The van der Waals surface area contributed by atoms with Crippen molar-refractivity contribution in [1.82, 2.24) is 10.0 Å². The van der Waals surface area contributed by atoms with Gasteiger partial charge in [0, 0.05) is 13.7 Å². The predicted octanol–water partition coefficient (Wildman–Crippen LogP) is 1.61. The van der Waals surface area contributed by atoms with Crippen LogP contribution in [-0.4, -0.2) is 40.8 Å². The highest BCUT2D eigenvalue weighted by Gasteiger charge is 2.34. The Morgan fingerprint density at radius 1 is 1.22 bits per heavy atom. The van der Waals surface area contributed by atoms with Gasteiger partial charge < -0.3 is 10.1 Å². The third-order valence-corrected chi connectivity index (χ3v) is 6.38. The van der Waals surface area contributed by atoms with E-state index >= 15 is 0 Å². The number of hydrogen-bond donors (Lipinski definition) is 2. The average Bonchev–Trinajstić information content (AvgIpc) is 3.02. The Hall–Kier alpha value is -0.950. The van der Waals surface area contributed by atoms with Crippen molar-refractivity contribution in [3.8, 4) is 0 Å². The summed E-state index contributed by atoms with van der Waals surface area (Å²) in [5.41, 5.74) is 2.20. The second-order valence-electron chi connectivity index (χ2n) is 6.71. The van der Waals surface area contributed by atoms with Gasteiger partial charge in [0.25, 0.3) is 0 Å². The van der Waals surface area contributed by atoms with Crippen LogP contribution in [0.3, 0.4) is 0 Å². The normalized spacial score (nSPS) is 24.6. The lowest BCUT2D eigenvalue weighted by Crippen LogP contribution is -2.52. The van der Waals surface area contributed by atoms with E-state index in [-0.39, 0.29) is 5.54 Å². The molecule has 0 radical (unpaired) electrons. The van der Waals surface area contributed by atoms with Crippen LogP contribution >= 0.6 is 0 Å². The highest BCUT2D eigenvalue weighted by Crippen LogP contribution is 2.25. The molecule has 128 valence electrons. The first-order valence-electron chi connectivity index (χ1n) is 8.40. The van der Waals surface area contributed by atoms with Crippen molar-refractivity contribution in [3.05, 3.63) is 29.3 Å². The van der Waals surface area contributed by atoms with Crippen molar-refractivity contribution in [1.29, 1.82) is 0 Å². The van der Waals surface area contributed by atoms with E-state index in [1.54, 1.807) is 13.2 Å². The molecule has 2 aliphatic rings. The molecule has 1 aliphatic carbocycles.